The predicted molar refractivity (Wildman–Crippen MR) is 132 cm³/mol. The van der Waals surface area contributed by atoms with Crippen molar-refractivity contribution in [2.45, 2.75) is 142 Å². The second-order valence-corrected chi connectivity index (χ2v) is 9.22. The molecule has 0 aromatic heterocycles. The fourth-order valence-electron chi connectivity index (χ4n) is 3.94. The zero-order valence-electron chi connectivity index (χ0n) is 21.2. The van der Waals surface area contributed by atoms with Crippen LogP contribution in [-0.2, 0) is 14.3 Å². The van der Waals surface area contributed by atoms with E-state index < -0.39 is 17.9 Å². The van der Waals surface area contributed by atoms with Gasteiger partial charge in [-0.25, -0.2) is 0 Å². The Labute approximate surface area is 198 Å². The first kappa shape index (κ1) is 30.7. The van der Waals surface area contributed by atoms with E-state index in [0.29, 0.717) is 6.61 Å². The van der Waals surface area contributed by atoms with Crippen molar-refractivity contribution in [1.29, 1.82) is 0 Å². The maximum atomic E-state index is 12.3. The summed E-state index contributed by atoms with van der Waals surface area (Å²) in [6.07, 6.45) is 26.6. The summed E-state index contributed by atoms with van der Waals surface area (Å²) in [7, 11) is 0. The summed E-state index contributed by atoms with van der Waals surface area (Å²) in [4.78, 5) is 23.3. The molecule has 32 heavy (non-hydrogen) atoms. The van der Waals surface area contributed by atoms with Gasteiger partial charge in [0, 0.05) is 12.4 Å². The third-order valence-electron chi connectivity index (χ3n) is 6.02. The molecule has 0 bridgehead atoms. The number of hydrogen-bond acceptors (Lipinski definition) is 4. The Hall–Kier alpha value is -1.32. The lowest BCUT2D eigenvalue weighted by Gasteiger charge is -2.13. The third kappa shape index (κ3) is 21.9. The third-order valence-corrected chi connectivity index (χ3v) is 6.02. The number of carboxylic acids is 1. The van der Waals surface area contributed by atoms with Gasteiger partial charge in [-0.3, -0.25) is 4.79 Å². The van der Waals surface area contributed by atoms with Gasteiger partial charge in [0.2, 0.25) is 0 Å². The van der Waals surface area contributed by atoms with Crippen molar-refractivity contribution in [1.82, 2.24) is 0 Å². The fraction of sp³-hybridized carbons (Fsp3) is 0.857. The second-order valence-electron chi connectivity index (χ2n) is 9.22. The number of aliphatic carboxylic acids is 1. The van der Waals surface area contributed by atoms with E-state index >= 15 is 0 Å². The zero-order chi connectivity index (χ0) is 23.7. The van der Waals surface area contributed by atoms with Crippen molar-refractivity contribution in [3.05, 3.63) is 12.2 Å². The van der Waals surface area contributed by atoms with E-state index in [9.17, 15) is 14.7 Å². The van der Waals surface area contributed by atoms with Crippen LogP contribution in [-0.4, -0.2) is 18.5 Å². The van der Waals surface area contributed by atoms with E-state index in [1.165, 1.54) is 96.3 Å². The molecule has 0 aromatic rings. The maximum absolute atomic E-state index is 12.3. The molecule has 188 valence electrons. The molecule has 0 aliphatic rings. The molecule has 1 atom stereocenters. The minimum Gasteiger partial charge on any atom is -0.550 e. The highest BCUT2D eigenvalue weighted by Gasteiger charge is 2.17. The summed E-state index contributed by atoms with van der Waals surface area (Å²) in [5.74, 6) is -2.36. The molecule has 4 nitrogen and oxygen atoms in total. The van der Waals surface area contributed by atoms with Crippen LogP contribution in [0.3, 0.4) is 0 Å². The van der Waals surface area contributed by atoms with Crippen molar-refractivity contribution in [2.75, 3.05) is 6.61 Å². The fourth-order valence-corrected chi connectivity index (χ4v) is 3.94. The van der Waals surface area contributed by atoms with Crippen molar-refractivity contribution < 1.29 is 19.4 Å². The standard InChI is InChI=1S/C28H52O4/c1-3-5-7-9-11-13-15-17-19-21-23-26(25-27(29)30)28(31)32-24-22-20-18-16-14-12-10-8-6-4-2/h21,23,26H,3-20,22,24-25H2,1-2H3,(H,29,30)/p-1. The van der Waals surface area contributed by atoms with Crippen LogP contribution < -0.4 is 5.11 Å². The smallest absolute Gasteiger partial charge is 0.313 e. The Morgan fingerprint density at radius 1 is 0.688 bits per heavy atom. The van der Waals surface area contributed by atoms with Gasteiger partial charge in [-0.1, -0.05) is 129 Å². The van der Waals surface area contributed by atoms with Gasteiger partial charge in [0.1, 0.15) is 0 Å². The molecule has 0 radical (unpaired) electrons. The lowest BCUT2D eigenvalue weighted by Crippen LogP contribution is -2.28. The number of carbonyl (C=O) groups is 2. The van der Waals surface area contributed by atoms with Crippen LogP contribution in [0.15, 0.2) is 12.2 Å². The monoisotopic (exact) mass is 451 g/mol. The van der Waals surface area contributed by atoms with Gasteiger partial charge < -0.3 is 14.6 Å². The van der Waals surface area contributed by atoms with E-state index in [-0.39, 0.29) is 6.42 Å². The topological polar surface area (TPSA) is 66.4 Å². The number of unbranched alkanes of at least 4 members (excludes halogenated alkanes) is 17. The molecule has 0 rings (SSSR count). The number of allylic oxidation sites excluding steroid dienone is 1. The number of carbonyl (C=O) groups excluding carboxylic acids is 2. The number of esters is 1. The van der Waals surface area contributed by atoms with Gasteiger partial charge in [0.25, 0.3) is 0 Å². The molecular weight excluding hydrogens is 400 g/mol. The van der Waals surface area contributed by atoms with Gasteiger partial charge in [0.05, 0.1) is 12.5 Å². The van der Waals surface area contributed by atoms with Crippen molar-refractivity contribution >= 4 is 11.9 Å². The average Bonchev–Trinajstić information content (AvgIpc) is 2.77. The molecule has 1 unspecified atom stereocenters. The van der Waals surface area contributed by atoms with Crippen LogP contribution in [0.4, 0.5) is 0 Å². The van der Waals surface area contributed by atoms with Crippen LogP contribution in [0, 0.1) is 5.92 Å². The largest absolute Gasteiger partial charge is 0.550 e. The normalized spacial score (nSPS) is 12.3. The van der Waals surface area contributed by atoms with Crippen molar-refractivity contribution in [3.63, 3.8) is 0 Å². The molecule has 0 saturated carbocycles. The molecule has 0 amide bonds. The second kappa shape index (κ2) is 24.3. The molecule has 4 heteroatoms. The zero-order valence-corrected chi connectivity index (χ0v) is 21.2. The minimum atomic E-state index is -1.21. The summed E-state index contributed by atoms with van der Waals surface area (Å²) in [5, 5.41) is 11.0. The lowest BCUT2D eigenvalue weighted by atomic mass is 10.0. The van der Waals surface area contributed by atoms with Crippen molar-refractivity contribution in [3.8, 4) is 0 Å². The number of hydrogen-bond donors (Lipinski definition) is 0. The first-order valence-electron chi connectivity index (χ1n) is 13.6. The van der Waals surface area contributed by atoms with Crippen LogP contribution in [0.2, 0.25) is 0 Å². The number of ether oxygens (including phenoxy) is 1. The van der Waals surface area contributed by atoms with Crippen LogP contribution in [0.1, 0.15) is 142 Å². The highest BCUT2D eigenvalue weighted by molar-refractivity contribution is 5.80. The van der Waals surface area contributed by atoms with Gasteiger partial charge in [-0.2, -0.15) is 0 Å². The van der Waals surface area contributed by atoms with Crippen LogP contribution >= 0.6 is 0 Å². The molecule has 0 saturated heterocycles. The van der Waals surface area contributed by atoms with E-state index in [1.54, 1.807) is 6.08 Å². The number of rotatable bonds is 24. The summed E-state index contributed by atoms with van der Waals surface area (Å²) in [5.41, 5.74) is 0. The van der Waals surface area contributed by atoms with Crippen LogP contribution in [0.25, 0.3) is 0 Å². The number of carboxylic acid groups (broad SMARTS) is 1. The Kier molecular flexibility index (Phi) is 23.3. The van der Waals surface area contributed by atoms with Gasteiger partial charge in [-0.05, 0) is 19.3 Å². The van der Waals surface area contributed by atoms with Gasteiger partial charge >= 0.3 is 5.97 Å². The Morgan fingerprint density at radius 2 is 1.12 bits per heavy atom. The first-order valence-corrected chi connectivity index (χ1v) is 13.6. The minimum absolute atomic E-state index is 0.301. The summed E-state index contributed by atoms with van der Waals surface area (Å²) >= 11 is 0. The van der Waals surface area contributed by atoms with E-state index in [2.05, 4.69) is 13.8 Å². The molecule has 0 heterocycles. The average molecular weight is 452 g/mol. The molecular formula is C28H51O4-. The molecule has 0 spiro atoms. The van der Waals surface area contributed by atoms with E-state index in [1.807, 2.05) is 6.08 Å². The van der Waals surface area contributed by atoms with E-state index in [4.69, 9.17) is 4.74 Å². The Bertz CT molecular complexity index is 458. The predicted octanol–water partition coefficient (Wildman–Crippen LogP) is 7.29. The Morgan fingerprint density at radius 3 is 1.59 bits per heavy atom. The quantitative estimate of drug-likeness (QED) is 0.0877. The molecule has 0 aromatic carbocycles. The molecule has 0 N–H and O–H groups in total. The summed E-state index contributed by atoms with van der Waals surface area (Å²) < 4.78 is 5.34. The van der Waals surface area contributed by atoms with Gasteiger partial charge in [-0.15, -0.1) is 0 Å². The summed E-state index contributed by atoms with van der Waals surface area (Å²) in [6, 6.07) is 0. The Balaban J connectivity index is 3.84. The summed E-state index contributed by atoms with van der Waals surface area (Å²) in [6.45, 7) is 4.85. The molecule has 0 aliphatic carbocycles. The first-order chi connectivity index (χ1) is 15.6. The van der Waals surface area contributed by atoms with Crippen molar-refractivity contribution in [2.24, 2.45) is 5.92 Å². The molecule has 0 aliphatic heterocycles. The highest BCUT2D eigenvalue weighted by Crippen LogP contribution is 2.14. The van der Waals surface area contributed by atoms with E-state index in [0.717, 1.165) is 25.7 Å². The highest BCUT2D eigenvalue weighted by atomic mass is 16.5. The SMILES string of the molecule is CCCCCCCCCCC=CC(CC(=O)[O-])C(=O)OCCCCCCCCCCCC. The maximum Gasteiger partial charge on any atom is 0.313 e. The lowest BCUT2D eigenvalue weighted by molar-refractivity contribution is -0.306. The van der Waals surface area contributed by atoms with Gasteiger partial charge in [0.15, 0.2) is 0 Å². The molecule has 0 fully saturated rings. The van der Waals surface area contributed by atoms with Crippen LogP contribution in [0.5, 0.6) is 0 Å².